The summed E-state index contributed by atoms with van der Waals surface area (Å²) in [5, 5.41) is 4.28. The first-order valence-corrected chi connectivity index (χ1v) is 13.3. The van der Waals surface area contributed by atoms with Crippen LogP contribution in [0.4, 0.5) is 0 Å². The third-order valence-corrected chi connectivity index (χ3v) is 9.08. The van der Waals surface area contributed by atoms with Gasteiger partial charge in [0.1, 0.15) is 0 Å². The molecule has 1 unspecified atom stereocenters. The van der Waals surface area contributed by atoms with Gasteiger partial charge in [0.15, 0.2) is 11.5 Å². The molecule has 3 aliphatic rings. The molecule has 1 atom stereocenters. The molecule has 3 fully saturated rings. The van der Waals surface area contributed by atoms with Gasteiger partial charge in [-0.25, -0.2) is 0 Å². The molecule has 9 heteroatoms. The summed E-state index contributed by atoms with van der Waals surface area (Å²) in [4.78, 5) is 28.2. The number of amides is 2. The van der Waals surface area contributed by atoms with Crippen LogP contribution >= 0.6 is 23.2 Å². The number of halogens is 2. The maximum absolute atomic E-state index is 13.2. The van der Waals surface area contributed by atoms with Gasteiger partial charge in [0, 0.05) is 19.1 Å². The Morgan fingerprint density at radius 1 is 0.946 bits per heavy atom. The van der Waals surface area contributed by atoms with Crippen LogP contribution in [-0.2, 0) is 21.4 Å². The summed E-state index contributed by atoms with van der Waals surface area (Å²) < 4.78 is 16.2. The average Bonchev–Trinajstić information content (AvgIpc) is 3.82. The van der Waals surface area contributed by atoms with Crippen LogP contribution in [0.3, 0.4) is 0 Å². The number of piperidine rings is 1. The van der Waals surface area contributed by atoms with Crippen LogP contribution in [-0.4, -0.2) is 57.2 Å². The van der Waals surface area contributed by atoms with Crippen molar-refractivity contribution in [1.29, 1.82) is 0 Å². The summed E-state index contributed by atoms with van der Waals surface area (Å²) in [6.45, 7) is 1.38. The molecule has 37 heavy (non-hydrogen) atoms. The normalized spacial score (nSPS) is 20.8. The largest absolute Gasteiger partial charge is 0.493 e. The predicted octanol–water partition coefficient (Wildman–Crippen LogP) is 4.79. The van der Waals surface area contributed by atoms with Crippen LogP contribution in [0.5, 0.6) is 17.2 Å². The van der Waals surface area contributed by atoms with Crippen molar-refractivity contribution in [2.24, 2.45) is 5.41 Å². The average molecular weight is 547 g/mol. The van der Waals surface area contributed by atoms with Gasteiger partial charge in [-0.3, -0.25) is 9.59 Å². The molecule has 2 aromatic rings. The Morgan fingerprint density at radius 2 is 1.59 bits per heavy atom. The molecular weight excluding hydrogens is 515 g/mol. The lowest BCUT2D eigenvalue weighted by atomic mass is 9.91. The minimum Gasteiger partial charge on any atom is -0.493 e. The van der Waals surface area contributed by atoms with Gasteiger partial charge in [-0.2, -0.15) is 0 Å². The quantitative estimate of drug-likeness (QED) is 0.515. The molecule has 198 valence electrons. The highest BCUT2D eigenvalue weighted by atomic mass is 35.5. The summed E-state index contributed by atoms with van der Waals surface area (Å²) in [6.07, 6.45) is 4.64. The highest BCUT2D eigenvalue weighted by molar-refractivity contribution is 6.42. The van der Waals surface area contributed by atoms with Crippen molar-refractivity contribution in [3.8, 4) is 17.2 Å². The maximum atomic E-state index is 13.2. The standard InChI is InChI=1S/C28H32Cl2N2O5/c1-35-21-12-17(13-22(36-2)25(21)37-3)14-24(33)32-10-8-27(9-11-32)16-23(27)31-26(34)28(6-7-28)18-4-5-19(29)20(30)15-18/h4-5,12-13,15,23H,6-11,14,16H2,1-3H3,(H,31,34). The van der Waals surface area contributed by atoms with E-state index in [-0.39, 0.29) is 29.7 Å². The predicted molar refractivity (Wildman–Crippen MR) is 142 cm³/mol. The molecule has 7 nitrogen and oxygen atoms in total. The zero-order valence-electron chi connectivity index (χ0n) is 21.4. The van der Waals surface area contributed by atoms with E-state index in [1.54, 1.807) is 27.4 Å². The van der Waals surface area contributed by atoms with E-state index in [0.29, 0.717) is 40.4 Å². The molecule has 0 radical (unpaired) electrons. The van der Waals surface area contributed by atoms with Crippen molar-refractivity contribution in [3.05, 3.63) is 51.5 Å². The number of likely N-dealkylation sites (tertiary alicyclic amines) is 1. The molecule has 2 amide bonds. The Bertz CT molecular complexity index is 1200. The van der Waals surface area contributed by atoms with Crippen molar-refractivity contribution in [3.63, 3.8) is 0 Å². The highest BCUT2D eigenvalue weighted by Gasteiger charge is 2.59. The number of methoxy groups -OCH3 is 3. The highest BCUT2D eigenvalue weighted by Crippen LogP contribution is 2.56. The van der Waals surface area contributed by atoms with E-state index < -0.39 is 5.41 Å². The van der Waals surface area contributed by atoms with Crippen molar-refractivity contribution in [2.45, 2.75) is 50.0 Å². The second kappa shape index (κ2) is 9.91. The first-order chi connectivity index (χ1) is 17.7. The van der Waals surface area contributed by atoms with Crippen LogP contribution in [0, 0.1) is 5.41 Å². The second-order valence-electron chi connectivity index (χ2n) is 10.4. The molecule has 2 aromatic carbocycles. The number of carbonyl (C=O) groups excluding carboxylic acids is 2. The van der Waals surface area contributed by atoms with Gasteiger partial charge >= 0.3 is 0 Å². The van der Waals surface area contributed by atoms with Gasteiger partial charge in [-0.05, 0) is 72.9 Å². The van der Waals surface area contributed by atoms with Gasteiger partial charge in [0.25, 0.3) is 0 Å². The number of benzene rings is 2. The van der Waals surface area contributed by atoms with Crippen LogP contribution in [0.15, 0.2) is 30.3 Å². The summed E-state index contributed by atoms with van der Waals surface area (Å²) in [5.74, 6) is 1.73. The van der Waals surface area contributed by atoms with Crippen molar-refractivity contribution < 1.29 is 23.8 Å². The van der Waals surface area contributed by atoms with Crippen molar-refractivity contribution >= 4 is 35.0 Å². The van der Waals surface area contributed by atoms with E-state index >= 15 is 0 Å². The fourth-order valence-corrected chi connectivity index (χ4v) is 5.99. The van der Waals surface area contributed by atoms with E-state index in [1.807, 2.05) is 29.2 Å². The Balaban J connectivity index is 1.16. The zero-order chi connectivity index (χ0) is 26.4. The topological polar surface area (TPSA) is 77.1 Å². The van der Waals surface area contributed by atoms with Gasteiger partial charge in [-0.1, -0.05) is 29.3 Å². The van der Waals surface area contributed by atoms with Crippen molar-refractivity contribution in [2.75, 3.05) is 34.4 Å². The van der Waals surface area contributed by atoms with Gasteiger partial charge in [-0.15, -0.1) is 0 Å². The smallest absolute Gasteiger partial charge is 0.230 e. The number of ether oxygens (including phenoxy) is 3. The molecule has 1 saturated heterocycles. The van der Waals surface area contributed by atoms with Crippen LogP contribution in [0.1, 0.15) is 43.2 Å². The lowest BCUT2D eigenvalue weighted by Gasteiger charge is -2.33. The Kier molecular flexibility index (Phi) is 6.96. The lowest BCUT2D eigenvalue weighted by molar-refractivity contribution is -0.132. The first kappa shape index (κ1) is 26.0. The molecule has 1 heterocycles. The number of nitrogens with zero attached hydrogens (tertiary/aromatic N) is 1. The Hall–Kier alpha value is -2.64. The van der Waals surface area contributed by atoms with Gasteiger partial charge in [0.2, 0.25) is 17.6 Å². The van der Waals surface area contributed by atoms with E-state index in [1.165, 1.54) is 0 Å². The maximum Gasteiger partial charge on any atom is 0.230 e. The van der Waals surface area contributed by atoms with Gasteiger partial charge < -0.3 is 24.4 Å². The molecular formula is C28H32Cl2N2O5. The minimum absolute atomic E-state index is 0.0712. The molecule has 1 N–H and O–H groups in total. The zero-order valence-corrected chi connectivity index (χ0v) is 22.9. The molecule has 1 spiro atoms. The number of hydrogen-bond donors (Lipinski definition) is 1. The first-order valence-electron chi connectivity index (χ1n) is 12.6. The SMILES string of the molecule is COc1cc(CC(=O)N2CCC3(CC2)CC3NC(=O)C2(c3ccc(Cl)c(Cl)c3)CC2)cc(OC)c1OC. The van der Waals surface area contributed by atoms with E-state index in [0.717, 1.165) is 43.2 Å². The molecule has 5 rings (SSSR count). The monoisotopic (exact) mass is 546 g/mol. The van der Waals surface area contributed by atoms with E-state index in [9.17, 15) is 9.59 Å². The Labute approximate surface area is 227 Å². The van der Waals surface area contributed by atoms with Crippen LogP contribution in [0.2, 0.25) is 10.0 Å². The minimum atomic E-state index is -0.491. The van der Waals surface area contributed by atoms with E-state index in [2.05, 4.69) is 5.32 Å². The summed E-state index contributed by atoms with van der Waals surface area (Å²) >= 11 is 12.3. The molecule has 2 aliphatic carbocycles. The number of hydrogen-bond acceptors (Lipinski definition) is 5. The third kappa shape index (κ3) is 4.84. The fourth-order valence-electron chi connectivity index (χ4n) is 5.69. The van der Waals surface area contributed by atoms with Crippen LogP contribution < -0.4 is 19.5 Å². The van der Waals surface area contributed by atoms with Crippen molar-refractivity contribution in [1.82, 2.24) is 10.2 Å². The van der Waals surface area contributed by atoms with Gasteiger partial charge in [0.05, 0.1) is 43.2 Å². The lowest BCUT2D eigenvalue weighted by Crippen LogP contribution is -2.43. The number of carbonyl (C=O) groups is 2. The second-order valence-corrected chi connectivity index (χ2v) is 11.2. The summed E-state index contributed by atoms with van der Waals surface area (Å²) in [7, 11) is 4.68. The molecule has 0 aromatic heterocycles. The summed E-state index contributed by atoms with van der Waals surface area (Å²) in [6, 6.07) is 9.28. The number of rotatable bonds is 8. The molecule has 0 bridgehead atoms. The van der Waals surface area contributed by atoms with Crippen LogP contribution in [0.25, 0.3) is 0 Å². The molecule has 1 aliphatic heterocycles. The molecule has 2 saturated carbocycles. The Morgan fingerprint density at radius 3 is 2.14 bits per heavy atom. The van der Waals surface area contributed by atoms with E-state index in [4.69, 9.17) is 37.4 Å². The number of nitrogens with one attached hydrogen (secondary N) is 1. The third-order valence-electron chi connectivity index (χ3n) is 8.34. The fraction of sp³-hybridized carbons (Fsp3) is 0.500. The summed E-state index contributed by atoms with van der Waals surface area (Å²) in [5.41, 5.74) is 1.34.